The standard InChI is InChI=1S/C24H31N3O4S/c28-23(4-3-22-2-1-13-32-22)27-16-21(31-18-20-5-9-25-10-6-20)15-26(24(29)17-27)14-19-7-11-30-12-8-19/h1-2,5-6,9-10,13,19,21H,3-4,7-8,11-12,14-18H2. The molecule has 4 heterocycles. The van der Waals surface area contributed by atoms with Gasteiger partial charge in [0, 0.05) is 56.5 Å². The van der Waals surface area contributed by atoms with Crippen LogP contribution < -0.4 is 0 Å². The van der Waals surface area contributed by atoms with Crippen molar-refractivity contribution in [3.8, 4) is 0 Å². The second kappa shape index (κ2) is 11.5. The molecular formula is C24H31N3O4S. The number of rotatable bonds is 8. The molecule has 0 spiro atoms. The minimum atomic E-state index is -0.222. The molecule has 32 heavy (non-hydrogen) atoms. The Morgan fingerprint density at radius 2 is 2.00 bits per heavy atom. The Hall–Kier alpha value is -2.29. The van der Waals surface area contributed by atoms with E-state index in [9.17, 15) is 9.59 Å². The fraction of sp³-hybridized carbons (Fsp3) is 0.542. The Morgan fingerprint density at radius 1 is 1.19 bits per heavy atom. The van der Waals surface area contributed by atoms with Gasteiger partial charge < -0.3 is 19.3 Å². The van der Waals surface area contributed by atoms with Crippen LogP contribution in [0.2, 0.25) is 0 Å². The summed E-state index contributed by atoms with van der Waals surface area (Å²) in [6.45, 7) is 3.71. The average Bonchev–Trinajstić information content (AvgIpc) is 3.29. The average molecular weight is 458 g/mol. The van der Waals surface area contributed by atoms with Crippen LogP contribution in [-0.4, -0.2) is 72.1 Å². The summed E-state index contributed by atoms with van der Waals surface area (Å²) in [6.07, 6.45) is 6.31. The number of aryl methyl sites for hydroxylation is 1. The summed E-state index contributed by atoms with van der Waals surface area (Å²) in [5.74, 6) is 0.461. The normalized spacial score (nSPS) is 20.4. The second-order valence-corrected chi connectivity index (χ2v) is 9.53. The third-order valence-electron chi connectivity index (χ3n) is 6.10. The van der Waals surface area contributed by atoms with Crippen LogP contribution >= 0.6 is 11.3 Å². The lowest BCUT2D eigenvalue weighted by molar-refractivity contribution is -0.139. The molecule has 2 aliphatic rings. The van der Waals surface area contributed by atoms with Crippen molar-refractivity contribution < 1.29 is 19.1 Å². The zero-order chi connectivity index (χ0) is 22.2. The molecule has 2 saturated heterocycles. The molecule has 0 aromatic carbocycles. The molecule has 2 fully saturated rings. The lowest BCUT2D eigenvalue weighted by Gasteiger charge is -2.30. The summed E-state index contributed by atoms with van der Waals surface area (Å²) in [4.78, 5) is 34.9. The fourth-order valence-corrected chi connectivity index (χ4v) is 4.94. The number of thiophene rings is 1. The van der Waals surface area contributed by atoms with E-state index in [2.05, 4.69) is 4.98 Å². The van der Waals surface area contributed by atoms with Gasteiger partial charge in [0.05, 0.1) is 19.3 Å². The highest BCUT2D eigenvalue weighted by Gasteiger charge is 2.32. The molecule has 2 aromatic heterocycles. The molecule has 0 aliphatic carbocycles. The van der Waals surface area contributed by atoms with E-state index < -0.39 is 0 Å². The Balaban J connectivity index is 1.41. The van der Waals surface area contributed by atoms with Gasteiger partial charge in [0.15, 0.2) is 0 Å². The number of carbonyl (C=O) groups excluding carboxylic acids is 2. The molecule has 2 aliphatic heterocycles. The first-order chi connectivity index (χ1) is 15.7. The van der Waals surface area contributed by atoms with E-state index in [4.69, 9.17) is 9.47 Å². The molecule has 7 nitrogen and oxygen atoms in total. The molecule has 0 bridgehead atoms. The third-order valence-corrected chi connectivity index (χ3v) is 7.04. The Morgan fingerprint density at radius 3 is 2.75 bits per heavy atom. The smallest absolute Gasteiger partial charge is 0.242 e. The van der Waals surface area contributed by atoms with Crippen molar-refractivity contribution in [1.29, 1.82) is 0 Å². The number of carbonyl (C=O) groups is 2. The SMILES string of the molecule is O=C(CCc1cccs1)N1CC(=O)N(CC2CCOCC2)CC(OCc2ccncc2)C1. The molecule has 8 heteroatoms. The minimum Gasteiger partial charge on any atom is -0.381 e. The first-order valence-corrected chi connectivity index (χ1v) is 12.2. The number of amides is 2. The number of nitrogens with zero attached hydrogens (tertiary/aromatic N) is 3. The topological polar surface area (TPSA) is 72.0 Å². The van der Waals surface area contributed by atoms with Gasteiger partial charge in [-0.25, -0.2) is 0 Å². The summed E-state index contributed by atoms with van der Waals surface area (Å²) in [6, 6.07) is 7.88. The van der Waals surface area contributed by atoms with Crippen LogP contribution in [-0.2, 0) is 32.1 Å². The monoisotopic (exact) mass is 457 g/mol. The molecule has 1 atom stereocenters. The van der Waals surface area contributed by atoms with E-state index >= 15 is 0 Å². The minimum absolute atomic E-state index is 0.0102. The van der Waals surface area contributed by atoms with E-state index in [0.717, 1.165) is 31.6 Å². The van der Waals surface area contributed by atoms with Crippen molar-refractivity contribution in [2.24, 2.45) is 5.92 Å². The number of ether oxygens (including phenoxy) is 2. The van der Waals surface area contributed by atoms with Crippen molar-refractivity contribution in [1.82, 2.24) is 14.8 Å². The summed E-state index contributed by atoms with van der Waals surface area (Å²) in [5, 5.41) is 2.02. The van der Waals surface area contributed by atoms with Gasteiger partial charge in [-0.1, -0.05) is 6.07 Å². The molecule has 0 N–H and O–H groups in total. The predicted molar refractivity (Wildman–Crippen MR) is 122 cm³/mol. The van der Waals surface area contributed by atoms with Crippen LogP contribution in [0.5, 0.6) is 0 Å². The molecule has 1 unspecified atom stereocenters. The highest BCUT2D eigenvalue weighted by Crippen LogP contribution is 2.20. The van der Waals surface area contributed by atoms with E-state index in [-0.39, 0.29) is 24.5 Å². The lowest BCUT2D eigenvalue weighted by atomic mass is 9.99. The van der Waals surface area contributed by atoms with Gasteiger partial charge in [-0.05, 0) is 54.3 Å². The molecular weight excluding hydrogens is 426 g/mol. The maximum atomic E-state index is 13.1. The van der Waals surface area contributed by atoms with Crippen molar-refractivity contribution in [2.45, 2.75) is 38.4 Å². The molecule has 4 rings (SSSR count). The fourth-order valence-electron chi connectivity index (χ4n) is 4.23. The first kappa shape index (κ1) is 22.9. The maximum Gasteiger partial charge on any atom is 0.242 e. The quantitative estimate of drug-likeness (QED) is 0.610. The van der Waals surface area contributed by atoms with E-state index in [1.165, 1.54) is 4.88 Å². The number of hydrogen-bond donors (Lipinski definition) is 0. The summed E-state index contributed by atoms with van der Waals surface area (Å²) in [7, 11) is 0. The van der Waals surface area contributed by atoms with Crippen LogP contribution in [0.15, 0.2) is 42.0 Å². The van der Waals surface area contributed by atoms with Crippen molar-refractivity contribution in [3.63, 3.8) is 0 Å². The zero-order valence-electron chi connectivity index (χ0n) is 18.4. The van der Waals surface area contributed by atoms with E-state index in [1.54, 1.807) is 28.6 Å². The van der Waals surface area contributed by atoms with Crippen LogP contribution in [0, 0.1) is 5.92 Å². The lowest BCUT2D eigenvalue weighted by Crippen LogP contribution is -2.42. The van der Waals surface area contributed by atoms with Gasteiger partial charge in [-0.15, -0.1) is 11.3 Å². The molecule has 172 valence electrons. The third kappa shape index (κ3) is 6.60. The Kier molecular flexibility index (Phi) is 8.25. The zero-order valence-corrected chi connectivity index (χ0v) is 19.2. The predicted octanol–water partition coefficient (Wildman–Crippen LogP) is 2.76. The number of pyridine rings is 1. The number of aromatic nitrogens is 1. The van der Waals surface area contributed by atoms with Gasteiger partial charge >= 0.3 is 0 Å². The van der Waals surface area contributed by atoms with Gasteiger partial charge in [0.25, 0.3) is 0 Å². The Labute approximate surface area is 193 Å². The largest absolute Gasteiger partial charge is 0.381 e. The summed E-state index contributed by atoms with van der Waals surface area (Å²) >= 11 is 1.66. The number of hydrogen-bond acceptors (Lipinski definition) is 6. The molecule has 0 radical (unpaired) electrons. The Bertz CT molecular complexity index is 855. The van der Waals surface area contributed by atoms with Crippen LogP contribution in [0.3, 0.4) is 0 Å². The van der Waals surface area contributed by atoms with Crippen molar-refractivity contribution in [2.75, 3.05) is 39.4 Å². The maximum absolute atomic E-state index is 13.1. The molecule has 2 amide bonds. The first-order valence-electron chi connectivity index (χ1n) is 11.3. The van der Waals surface area contributed by atoms with E-state index in [1.807, 2.05) is 34.5 Å². The van der Waals surface area contributed by atoms with Gasteiger partial charge in [-0.3, -0.25) is 14.6 Å². The summed E-state index contributed by atoms with van der Waals surface area (Å²) in [5.41, 5.74) is 1.03. The van der Waals surface area contributed by atoms with Gasteiger partial charge in [0.2, 0.25) is 11.8 Å². The van der Waals surface area contributed by atoms with Gasteiger partial charge in [-0.2, -0.15) is 0 Å². The van der Waals surface area contributed by atoms with Crippen molar-refractivity contribution >= 4 is 23.2 Å². The second-order valence-electron chi connectivity index (χ2n) is 8.50. The highest BCUT2D eigenvalue weighted by atomic mass is 32.1. The van der Waals surface area contributed by atoms with E-state index in [0.29, 0.717) is 45.0 Å². The highest BCUT2D eigenvalue weighted by molar-refractivity contribution is 7.09. The van der Waals surface area contributed by atoms with Crippen LogP contribution in [0.1, 0.15) is 29.7 Å². The van der Waals surface area contributed by atoms with Gasteiger partial charge in [0.1, 0.15) is 0 Å². The summed E-state index contributed by atoms with van der Waals surface area (Å²) < 4.78 is 11.7. The van der Waals surface area contributed by atoms with Crippen molar-refractivity contribution in [3.05, 3.63) is 52.5 Å². The van der Waals surface area contributed by atoms with Crippen LogP contribution in [0.4, 0.5) is 0 Å². The van der Waals surface area contributed by atoms with Crippen LogP contribution in [0.25, 0.3) is 0 Å². The molecule has 0 saturated carbocycles. The molecule has 2 aromatic rings.